The quantitative estimate of drug-likeness (QED) is 0.580. The first kappa shape index (κ1) is 22.0. The Bertz CT molecular complexity index is 940. The van der Waals surface area contributed by atoms with Gasteiger partial charge in [0, 0.05) is 24.5 Å². The number of nitrogens with one attached hydrogen (secondary N) is 3. The summed E-state index contributed by atoms with van der Waals surface area (Å²) in [7, 11) is 0. The molecule has 1 unspecified atom stereocenters. The first-order valence-corrected chi connectivity index (χ1v) is 11.3. The molecule has 3 rings (SSSR count). The van der Waals surface area contributed by atoms with E-state index in [1.807, 2.05) is 12.3 Å². The van der Waals surface area contributed by atoms with E-state index in [-0.39, 0.29) is 11.9 Å². The van der Waals surface area contributed by atoms with Gasteiger partial charge in [-0.3, -0.25) is 14.5 Å². The van der Waals surface area contributed by atoms with Crippen molar-refractivity contribution in [3.05, 3.63) is 59.1 Å². The summed E-state index contributed by atoms with van der Waals surface area (Å²) in [5.41, 5.74) is 1.57. The van der Waals surface area contributed by atoms with Crippen LogP contribution < -0.4 is 20.9 Å². The lowest BCUT2D eigenvalue weighted by molar-refractivity contribution is -0.118. The predicted molar refractivity (Wildman–Crippen MR) is 122 cm³/mol. The molecule has 1 heterocycles. The summed E-state index contributed by atoms with van der Waals surface area (Å²) in [5.74, 6) is -0.0219. The molecule has 0 aromatic heterocycles. The van der Waals surface area contributed by atoms with Crippen LogP contribution >= 0.6 is 23.4 Å². The molecule has 0 spiro atoms. The summed E-state index contributed by atoms with van der Waals surface area (Å²) in [5, 5.41) is 8.71. The highest BCUT2D eigenvalue weighted by atomic mass is 35.5. The van der Waals surface area contributed by atoms with Gasteiger partial charge in [0.05, 0.1) is 10.6 Å². The van der Waals surface area contributed by atoms with Crippen LogP contribution in [0.2, 0.25) is 5.02 Å². The van der Waals surface area contributed by atoms with E-state index in [4.69, 9.17) is 11.6 Å². The Labute approximate surface area is 184 Å². The van der Waals surface area contributed by atoms with Crippen LogP contribution in [-0.2, 0) is 4.79 Å². The largest absolute Gasteiger partial charge is 0.340 e. The molecule has 7 nitrogen and oxygen atoms in total. The molecule has 2 aromatic carbocycles. The summed E-state index contributed by atoms with van der Waals surface area (Å²) in [6, 6.07) is 12.9. The lowest BCUT2D eigenvalue weighted by Gasteiger charge is -2.20. The van der Waals surface area contributed by atoms with Crippen molar-refractivity contribution >= 4 is 52.6 Å². The summed E-state index contributed by atoms with van der Waals surface area (Å²) in [6.45, 7) is 1.15. The molecular weight excluding hydrogens is 424 g/mol. The van der Waals surface area contributed by atoms with Crippen molar-refractivity contribution in [1.29, 1.82) is 0 Å². The number of carbonyl (C=O) groups is 3. The molecule has 1 aliphatic rings. The van der Waals surface area contributed by atoms with Gasteiger partial charge in [-0.05, 0) is 48.8 Å². The average molecular weight is 447 g/mol. The molecule has 9 heteroatoms. The van der Waals surface area contributed by atoms with E-state index >= 15 is 0 Å². The molecule has 0 bridgehead atoms. The predicted octanol–water partition coefficient (Wildman–Crippen LogP) is 3.36. The first-order chi connectivity index (χ1) is 14.5. The van der Waals surface area contributed by atoms with Crippen molar-refractivity contribution in [2.24, 2.45) is 0 Å². The smallest absolute Gasteiger partial charge is 0.321 e. The van der Waals surface area contributed by atoms with Crippen molar-refractivity contribution in [3.8, 4) is 0 Å². The minimum Gasteiger partial charge on any atom is -0.340 e. The Morgan fingerprint density at radius 3 is 2.73 bits per heavy atom. The molecule has 0 aliphatic carbocycles. The van der Waals surface area contributed by atoms with Gasteiger partial charge in [0.2, 0.25) is 5.91 Å². The number of hydrogen-bond acceptors (Lipinski definition) is 4. The summed E-state index contributed by atoms with van der Waals surface area (Å²) in [6.07, 6.45) is 2.41. The minimum atomic E-state index is -0.722. The maximum atomic E-state index is 12.9. The zero-order valence-corrected chi connectivity index (χ0v) is 18.1. The number of urea groups is 1. The van der Waals surface area contributed by atoms with Crippen molar-refractivity contribution in [3.63, 3.8) is 0 Å². The Balaban J connectivity index is 1.71. The lowest BCUT2D eigenvalue weighted by atomic mass is 10.1. The Morgan fingerprint density at radius 1 is 1.23 bits per heavy atom. The van der Waals surface area contributed by atoms with E-state index < -0.39 is 11.9 Å². The second kappa shape index (κ2) is 10.4. The number of anilines is 2. The molecule has 1 atom stereocenters. The second-order valence-corrected chi connectivity index (χ2v) is 8.10. The number of nitrogens with zero attached hydrogens (tertiary/aromatic N) is 1. The SMILES string of the molecule is CSCCC(NC(=O)c1ccccc1Cl)C(=O)Nc1cccc(N2CCNC2=O)c1. The Hall–Kier alpha value is -2.71. The molecule has 158 valence electrons. The molecule has 3 N–H and O–H groups in total. The van der Waals surface area contributed by atoms with Gasteiger partial charge in [0.15, 0.2) is 0 Å². The number of hydrogen-bond donors (Lipinski definition) is 3. The van der Waals surface area contributed by atoms with E-state index in [0.29, 0.717) is 47.2 Å². The fraction of sp³-hybridized carbons (Fsp3) is 0.286. The van der Waals surface area contributed by atoms with Crippen LogP contribution in [0.3, 0.4) is 0 Å². The molecule has 30 heavy (non-hydrogen) atoms. The zero-order valence-electron chi connectivity index (χ0n) is 16.5. The highest BCUT2D eigenvalue weighted by Gasteiger charge is 2.24. The lowest BCUT2D eigenvalue weighted by Crippen LogP contribution is -2.44. The maximum Gasteiger partial charge on any atom is 0.321 e. The van der Waals surface area contributed by atoms with Gasteiger partial charge in [-0.1, -0.05) is 29.8 Å². The molecule has 0 saturated carbocycles. The zero-order chi connectivity index (χ0) is 21.5. The Morgan fingerprint density at radius 2 is 2.03 bits per heavy atom. The number of amides is 4. The highest BCUT2D eigenvalue weighted by molar-refractivity contribution is 7.98. The summed E-state index contributed by atoms with van der Waals surface area (Å²) < 4.78 is 0. The second-order valence-electron chi connectivity index (χ2n) is 6.71. The van der Waals surface area contributed by atoms with Crippen LogP contribution in [0.5, 0.6) is 0 Å². The number of halogens is 1. The van der Waals surface area contributed by atoms with E-state index in [1.165, 1.54) is 0 Å². The number of carbonyl (C=O) groups excluding carboxylic acids is 3. The van der Waals surface area contributed by atoms with Gasteiger partial charge in [0.1, 0.15) is 6.04 Å². The van der Waals surface area contributed by atoms with Crippen LogP contribution in [0.15, 0.2) is 48.5 Å². The third-order valence-electron chi connectivity index (χ3n) is 4.63. The van der Waals surface area contributed by atoms with Crippen molar-refractivity contribution in [2.75, 3.05) is 35.3 Å². The normalized spacial score (nSPS) is 14.2. The van der Waals surface area contributed by atoms with Crippen LogP contribution in [0.25, 0.3) is 0 Å². The van der Waals surface area contributed by atoms with E-state index in [2.05, 4.69) is 16.0 Å². The van der Waals surface area contributed by atoms with Crippen LogP contribution in [0.1, 0.15) is 16.8 Å². The fourth-order valence-electron chi connectivity index (χ4n) is 3.08. The molecule has 4 amide bonds. The average Bonchev–Trinajstić information content (AvgIpc) is 3.17. The number of thioether (sulfide) groups is 1. The van der Waals surface area contributed by atoms with Crippen molar-refractivity contribution in [2.45, 2.75) is 12.5 Å². The Kier molecular flexibility index (Phi) is 7.59. The van der Waals surface area contributed by atoms with Gasteiger partial charge in [0.25, 0.3) is 5.91 Å². The third-order valence-corrected chi connectivity index (χ3v) is 5.61. The van der Waals surface area contributed by atoms with Gasteiger partial charge >= 0.3 is 6.03 Å². The number of benzene rings is 2. The monoisotopic (exact) mass is 446 g/mol. The molecule has 1 aliphatic heterocycles. The standard InChI is InChI=1S/C21H23ClN4O3S/c1-30-12-9-18(25-19(27)16-7-2-3-8-17(16)22)20(28)24-14-5-4-6-15(13-14)26-11-10-23-21(26)29/h2-8,13,18H,9-12H2,1H3,(H,23,29)(H,24,28)(H,25,27). The van der Waals surface area contributed by atoms with E-state index in [9.17, 15) is 14.4 Å². The molecule has 0 radical (unpaired) electrons. The molecule has 2 aromatic rings. The number of rotatable bonds is 8. The van der Waals surface area contributed by atoms with Gasteiger partial charge in [-0.25, -0.2) is 4.79 Å². The minimum absolute atomic E-state index is 0.164. The van der Waals surface area contributed by atoms with Crippen molar-refractivity contribution in [1.82, 2.24) is 10.6 Å². The van der Waals surface area contributed by atoms with E-state index in [1.54, 1.807) is 59.1 Å². The highest BCUT2D eigenvalue weighted by Crippen LogP contribution is 2.21. The maximum absolute atomic E-state index is 12.9. The van der Waals surface area contributed by atoms with Gasteiger partial charge in [-0.15, -0.1) is 0 Å². The fourth-order valence-corrected chi connectivity index (χ4v) is 3.78. The summed E-state index contributed by atoms with van der Waals surface area (Å²) in [4.78, 5) is 39.0. The molecule has 1 fully saturated rings. The van der Waals surface area contributed by atoms with Crippen LogP contribution in [0.4, 0.5) is 16.2 Å². The molecule has 1 saturated heterocycles. The third kappa shape index (κ3) is 5.46. The van der Waals surface area contributed by atoms with E-state index in [0.717, 1.165) is 0 Å². The summed E-state index contributed by atoms with van der Waals surface area (Å²) >= 11 is 7.70. The van der Waals surface area contributed by atoms with Crippen LogP contribution in [0, 0.1) is 0 Å². The van der Waals surface area contributed by atoms with Gasteiger partial charge in [-0.2, -0.15) is 11.8 Å². The van der Waals surface area contributed by atoms with Gasteiger partial charge < -0.3 is 16.0 Å². The molecular formula is C21H23ClN4O3S. The topological polar surface area (TPSA) is 90.5 Å². The first-order valence-electron chi connectivity index (χ1n) is 9.50. The van der Waals surface area contributed by atoms with Crippen LogP contribution in [-0.4, -0.2) is 49.0 Å². The van der Waals surface area contributed by atoms with Crippen molar-refractivity contribution < 1.29 is 14.4 Å².